The first-order valence-electron chi connectivity index (χ1n) is 8.57. The van der Waals surface area contributed by atoms with Gasteiger partial charge in [0.2, 0.25) is 5.91 Å². The Labute approximate surface area is 160 Å². The van der Waals surface area contributed by atoms with Crippen molar-refractivity contribution in [1.29, 1.82) is 0 Å². The molecule has 0 aliphatic heterocycles. The van der Waals surface area contributed by atoms with Crippen LogP contribution in [0.4, 0.5) is 8.78 Å². The van der Waals surface area contributed by atoms with Gasteiger partial charge in [-0.15, -0.1) is 0 Å². The van der Waals surface area contributed by atoms with E-state index in [0.717, 1.165) is 11.0 Å². The number of alkyl halides is 2. The average molecular weight is 387 g/mol. The first-order chi connectivity index (χ1) is 13.5. The first-order valence-corrected chi connectivity index (χ1v) is 8.57. The Bertz CT molecular complexity index is 964. The number of carbonyl (C=O) groups is 1. The van der Waals surface area contributed by atoms with E-state index in [1.54, 1.807) is 19.1 Å². The number of methoxy groups -OCH3 is 1. The van der Waals surface area contributed by atoms with Gasteiger partial charge in [0.15, 0.2) is 11.5 Å². The lowest BCUT2D eigenvalue weighted by atomic mass is 10.1. The van der Waals surface area contributed by atoms with Gasteiger partial charge in [-0.05, 0) is 31.2 Å². The number of halogens is 2. The number of hydrogen-bond donors (Lipinski definition) is 1. The van der Waals surface area contributed by atoms with E-state index >= 15 is 0 Å². The van der Waals surface area contributed by atoms with Crippen molar-refractivity contribution in [2.75, 3.05) is 7.11 Å². The minimum Gasteiger partial charge on any atom is -0.493 e. The Hall–Kier alpha value is -3.35. The zero-order valence-corrected chi connectivity index (χ0v) is 15.3. The minimum absolute atomic E-state index is 0.130. The number of furan rings is 1. The smallest absolute Gasteiger partial charge is 0.387 e. The molecule has 1 aromatic heterocycles. The van der Waals surface area contributed by atoms with Gasteiger partial charge in [0.25, 0.3) is 0 Å². The van der Waals surface area contributed by atoms with Crippen molar-refractivity contribution in [3.63, 3.8) is 0 Å². The molecule has 146 valence electrons. The SMILES string of the molecule is COc1cccc(/C=C/C(=O)N[C@H](C)c2cc3ccccc3o2)c1OC(F)F. The highest BCUT2D eigenvalue weighted by Gasteiger charge is 2.15. The second-order valence-corrected chi connectivity index (χ2v) is 6.01. The molecule has 28 heavy (non-hydrogen) atoms. The maximum Gasteiger partial charge on any atom is 0.387 e. The summed E-state index contributed by atoms with van der Waals surface area (Å²) in [5, 5.41) is 3.72. The number of ether oxygens (including phenoxy) is 2. The van der Waals surface area contributed by atoms with Crippen LogP contribution in [0.2, 0.25) is 0 Å². The predicted octanol–water partition coefficient (Wildman–Crippen LogP) is 4.93. The zero-order valence-electron chi connectivity index (χ0n) is 15.3. The molecule has 0 radical (unpaired) electrons. The fraction of sp³-hybridized carbons (Fsp3) is 0.190. The maximum absolute atomic E-state index is 12.7. The van der Waals surface area contributed by atoms with E-state index in [9.17, 15) is 13.6 Å². The lowest BCUT2D eigenvalue weighted by Gasteiger charge is -2.12. The van der Waals surface area contributed by atoms with Crippen molar-refractivity contribution < 1.29 is 27.5 Å². The number of rotatable bonds is 7. The summed E-state index contributed by atoms with van der Waals surface area (Å²) in [6, 6.07) is 13.7. The fourth-order valence-electron chi connectivity index (χ4n) is 2.75. The van der Waals surface area contributed by atoms with Crippen molar-refractivity contribution in [2.24, 2.45) is 0 Å². The minimum atomic E-state index is -3.01. The van der Waals surface area contributed by atoms with E-state index in [1.165, 1.54) is 25.3 Å². The number of hydrogen-bond acceptors (Lipinski definition) is 4. The molecule has 0 bridgehead atoms. The summed E-state index contributed by atoms with van der Waals surface area (Å²) < 4.78 is 40.6. The van der Waals surface area contributed by atoms with Gasteiger partial charge in [-0.3, -0.25) is 4.79 Å². The van der Waals surface area contributed by atoms with Crippen LogP contribution in [-0.2, 0) is 4.79 Å². The number of fused-ring (bicyclic) bond motifs is 1. The fourth-order valence-corrected chi connectivity index (χ4v) is 2.75. The summed E-state index contributed by atoms with van der Waals surface area (Å²) in [6.07, 6.45) is 2.63. The van der Waals surface area contributed by atoms with E-state index in [0.29, 0.717) is 11.3 Å². The number of para-hydroxylation sites is 2. The van der Waals surface area contributed by atoms with Crippen LogP contribution in [0.5, 0.6) is 11.5 Å². The molecule has 7 heteroatoms. The third kappa shape index (κ3) is 4.49. The van der Waals surface area contributed by atoms with Gasteiger partial charge in [0, 0.05) is 17.0 Å². The second kappa shape index (κ2) is 8.56. The van der Waals surface area contributed by atoms with Crippen molar-refractivity contribution in [1.82, 2.24) is 5.32 Å². The van der Waals surface area contributed by atoms with Gasteiger partial charge in [0.1, 0.15) is 11.3 Å². The maximum atomic E-state index is 12.7. The van der Waals surface area contributed by atoms with E-state index in [-0.39, 0.29) is 17.5 Å². The highest BCUT2D eigenvalue weighted by molar-refractivity contribution is 5.92. The quantitative estimate of drug-likeness (QED) is 0.584. The number of nitrogens with one attached hydrogen (secondary N) is 1. The van der Waals surface area contributed by atoms with Crippen LogP contribution in [0, 0.1) is 0 Å². The summed E-state index contributed by atoms with van der Waals surface area (Å²) in [6.45, 7) is -1.22. The molecule has 0 aliphatic carbocycles. The summed E-state index contributed by atoms with van der Waals surface area (Å²) in [5.41, 5.74) is 1.03. The van der Waals surface area contributed by atoms with Crippen molar-refractivity contribution in [3.05, 3.63) is 65.9 Å². The Morgan fingerprint density at radius 1 is 1.18 bits per heavy atom. The molecular formula is C21H19F2NO4. The van der Waals surface area contributed by atoms with Crippen molar-refractivity contribution in [3.8, 4) is 11.5 Å². The standard InChI is InChI=1S/C21H19F2NO4/c1-13(18-12-15-6-3-4-8-16(15)27-18)24-19(25)11-10-14-7-5-9-17(26-2)20(14)28-21(22)23/h3-13,21H,1-2H3,(H,24,25)/b11-10+/t13-/m1/s1. The van der Waals surface area contributed by atoms with Crippen molar-refractivity contribution in [2.45, 2.75) is 19.6 Å². The number of amides is 1. The molecular weight excluding hydrogens is 368 g/mol. The summed E-state index contributed by atoms with van der Waals surface area (Å²) in [7, 11) is 1.35. The van der Waals surface area contributed by atoms with E-state index in [2.05, 4.69) is 10.1 Å². The van der Waals surface area contributed by atoms with Crippen LogP contribution in [0.15, 0.2) is 59.0 Å². The van der Waals surface area contributed by atoms with E-state index < -0.39 is 12.5 Å². The molecule has 0 aliphatic rings. The van der Waals surface area contributed by atoms with Crippen LogP contribution in [0.1, 0.15) is 24.3 Å². The lowest BCUT2D eigenvalue weighted by Crippen LogP contribution is -2.24. The van der Waals surface area contributed by atoms with Crippen LogP contribution in [0.25, 0.3) is 17.0 Å². The summed E-state index contributed by atoms with van der Waals surface area (Å²) in [4.78, 5) is 12.2. The third-order valence-corrected chi connectivity index (χ3v) is 4.08. The molecule has 3 aromatic rings. The predicted molar refractivity (Wildman–Crippen MR) is 101 cm³/mol. The number of carbonyl (C=O) groups excluding carboxylic acids is 1. The molecule has 2 aromatic carbocycles. The van der Waals surface area contributed by atoms with E-state index in [4.69, 9.17) is 9.15 Å². The Balaban J connectivity index is 1.73. The normalized spacial score (nSPS) is 12.5. The van der Waals surface area contributed by atoms with Gasteiger partial charge in [-0.25, -0.2) is 0 Å². The molecule has 5 nitrogen and oxygen atoms in total. The molecule has 1 atom stereocenters. The van der Waals surface area contributed by atoms with Crippen LogP contribution in [-0.4, -0.2) is 19.6 Å². The second-order valence-electron chi connectivity index (χ2n) is 6.01. The summed E-state index contributed by atoms with van der Waals surface area (Å²) >= 11 is 0. The molecule has 0 saturated carbocycles. The topological polar surface area (TPSA) is 60.7 Å². The summed E-state index contributed by atoms with van der Waals surface area (Å²) in [5.74, 6) is 0.234. The van der Waals surface area contributed by atoms with Gasteiger partial charge < -0.3 is 19.2 Å². The Morgan fingerprint density at radius 3 is 2.68 bits per heavy atom. The van der Waals surface area contributed by atoms with Gasteiger partial charge in [-0.1, -0.05) is 30.3 Å². The first kappa shape index (κ1) is 19.4. The van der Waals surface area contributed by atoms with Gasteiger partial charge >= 0.3 is 6.61 Å². The molecule has 1 heterocycles. The number of benzene rings is 2. The van der Waals surface area contributed by atoms with Crippen LogP contribution in [0.3, 0.4) is 0 Å². The van der Waals surface area contributed by atoms with Crippen LogP contribution >= 0.6 is 0 Å². The van der Waals surface area contributed by atoms with E-state index in [1.807, 2.05) is 30.3 Å². The molecule has 0 fully saturated rings. The monoisotopic (exact) mass is 387 g/mol. The Kier molecular flexibility index (Phi) is 5.93. The molecule has 0 unspecified atom stereocenters. The average Bonchev–Trinajstić information content (AvgIpc) is 3.11. The highest BCUT2D eigenvalue weighted by Crippen LogP contribution is 2.33. The molecule has 3 rings (SSSR count). The van der Waals surface area contributed by atoms with Crippen molar-refractivity contribution >= 4 is 23.0 Å². The highest BCUT2D eigenvalue weighted by atomic mass is 19.3. The van der Waals surface area contributed by atoms with Crippen LogP contribution < -0.4 is 14.8 Å². The molecule has 0 spiro atoms. The zero-order chi connectivity index (χ0) is 20.1. The van der Waals surface area contributed by atoms with Gasteiger partial charge in [0.05, 0.1) is 13.2 Å². The largest absolute Gasteiger partial charge is 0.493 e. The third-order valence-electron chi connectivity index (χ3n) is 4.08. The lowest BCUT2D eigenvalue weighted by molar-refractivity contribution is -0.117. The van der Waals surface area contributed by atoms with Gasteiger partial charge in [-0.2, -0.15) is 8.78 Å². The molecule has 1 amide bonds. The molecule has 1 N–H and O–H groups in total. The Morgan fingerprint density at radius 2 is 1.96 bits per heavy atom. The molecule has 0 saturated heterocycles.